The molecule has 0 aromatic carbocycles. The molecular weight excluding hydrogens is 316 g/mol. The van der Waals surface area contributed by atoms with Crippen molar-refractivity contribution >= 4 is 41.8 Å². The maximum Gasteiger partial charge on any atom is 0.228 e. The Kier molecular flexibility index (Phi) is 8.67. The van der Waals surface area contributed by atoms with Crippen LogP contribution in [0, 0.1) is 5.41 Å². The molecule has 4 nitrogen and oxygen atoms in total. The largest absolute Gasteiger partial charge is 0.384 e. The molecule has 1 amide bonds. The molecule has 0 aromatic heterocycles. The molecule has 2 rings (SSSR count). The van der Waals surface area contributed by atoms with Gasteiger partial charge >= 0.3 is 0 Å². The molecule has 118 valence electrons. The molecule has 2 saturated heterocycles. The fourth-order valence-corrected chi connectivity index (χ4v) is 5.28. The van der Waals surface area contributed by atoms with Gasteiger partial charge in [0.2, 0.25) is 5.91 Å². The predicted molar refractivity (Wildman–Crippen MR) is 90.2 cm³/mol. The number of nitrogens with one attached hydrogen (secondary N) is 2. The molecule has 0 aliphatic carbocycles. The summed E-state index contributed by atoms with van der Waals surface area (Å²) in [4.78, 5) is 12.5. The van der Waals surface area contributed by atoms with Crippen molar-refractivity contribution in [2.24, 2.45) is 5.41 Å². The molecule has 2 heterocycles. The summed E-state index contributed by atoms with van der Waals surface area (Å²) in [6.45, 7) is 3.15. The Hall–Kier alpha value is 0.380. The normalized spacial score (nSPS) is 25.6. The van der Waals surface area contributed by atoms with Crippen LogP contribution >= 0.6 is 35.9 Å². The van der Waals surface area contributed by atoms with Crippen molar-refractivity contribution in [3.8, 4) is 0 Å². The number of carbonyl (C=O) groups is 1. The maximum absolute atomic E-state index is 12.5. The first-order valence-corrected chi connectivity index (χ1v) is 9.14. The van der Waals surface area contributed by atoms with Crippen LogP contribution in [0.1, 0.15) is 12.8 Å². The second-order valence-corrected chi connectivity index (χ2v) is 7.80. The van der Waals surface area contributed by atoms with Crippen LogP contribution in [0.3, 0.4) is 0 Å². The van der Waals surface area contributed by atoms with Gasteiger partial charge in [0.25, 0.3) is 0 Å². The second kappa shape index (κ2) is 9.41. The van der Waals surface area contributed by atoms with Crippen LogP contribution in [0.5, 0.6) is 0 Å². The fourth-order valence-electron chi connectivity index (χ4n) is 2.67. The molecule has 7 heteroatoms. The number of piperidine rings is 1. The van der Waals surface area contributed by atoms with Crippen molar-refractivity contribution in [1.82, 2.24) is 10.6 Å². The van der Waals surface area contributed by atoms with Gasteiger partial charge in [-0.3, -0.25) is 4.79 Å². The number of ether oxygens (including phenoxy) is 1. The van der Waals surface area contributed by atoms with E-state index in [0.717, 1.165) is 38.2 Å². The quantitative estimate of drug-likeness (QED) is 0.792. The third-order valence-electron chi connectivity index (χ3n) is 3.84. The first-order chi connectivity index (χ1) is 9.27. The summed E-state index contributed by atoms with van der Waals surface area (Å²) in [6, 6.07) is 0. The number of methoxy groups -OCH3 is 1. The Bertz CT molecular complexity index is 291. The molecule has 1 atom stereocenters. The highest BCUT2D eigenvalue weighted by atomic mass is 35.5. The lowest BCUT2D eigenvalue weighted by atomic mass is 9.78. The molecule has 20 heavy (non-hydrogen) atoms. The zero-order chi connectivity index (χ0) is 13.6. The van der Waals surface area contributed by atoms with Crippen molar-refractivity contribution < 1.29 is 9.53 Å². The van der Waals surface area contributed by atoms with E-state index in [4.69, 9.17) is 4.74 Å². The first-order valence-electron chi connectivity index (χ1n) is 6.94. The van der Waals surface area contributed by atoms with Gasteiger partial charge in [0.05, 0.1) is 12.0 Å². The highest BCUT2D eigenvalue weighted by Crippen LogP contribution is 2.30. The van der Waals surface area contributed by atoms with E-state index < -0.39 is 0 Å². The molecule has 1 unspecified atom stereocenters. The second-order valence-electron chi connectivity index (χ2n) is 5.24. The third-order valence-corrected chi connectivity index (χ3v) is 6.68. The van der Waals surface area contributed by atoms with Crippen LogP contribution < -0.4 is 10.6 Å². The average Bonchev–Trinajstić information content (AvgIpc) is 2.47. The number of hydrogen-bond donors (Lipinski definition) is 2. The van der Waals surface area contributed by atoms with Gasteiger partial charge in [-0.15, -0.1) is 12.4 Å². The predicted octanol–water partition coefficient (Wildman–Crippen LogP) is 1.39. The molecule has 2 aliphatic heterocycles. The van der Waals surface area contributed by atoms with Crippen LogP contribution in [0.4, 0.5) is 0 Å². The SMILES string of the molecule is COCC1(C(=O)NCC2CSCCS2)CCNCC1.Cl. The van der Waals surface area contributed by atoms with Gasteiger partial charge in [0, 0.05) is 36.2 Å². The van der Waals surface area contributed by atoms with Crippen LogP contribution in [0.2, 0.25) is 0 Å². The highest BCUT2D eigenvalue weighted by Gasteiger charge is 2.39. The Labute approximate surface area is 136 Å². The number of carbonyl (C=O) groups excluding carboxylic acids is 1. The Balaban J connectivity index is 0.00000200. The van der Waals surface area contributed by atoms with E-state index in [1.54, 1.807) is 7.11 Å². The topological polar surface area (TPSA) is 50.4 Å². The van der Waals surface area contributed by atoms with Crippen LogP contribution in [0.25, 0.3) is 0 Å². The molecule has 0 saturated carbocycles. The van der Waals surface area contributed by atoms with E-state index in [1.165, 1.54) is 11.5 Å². The lowest BCUT2D eigenvalue weighted by Crippen LogP contribution is -2.51. The Morgan fingerprint density at radius 1 is 1.40 bits per heavy atom. The van der Waals surface area contributed by atoms with Crippen molar-refractivity contribution in [2.45, 2.75) is 18.1 Å². The monoisotopic (exact) mass is 340 g/mol. The lowest BCUT2D eigenvalue weighted by molar-refractivity contribution is -0.136. The molecule has 0 bridgehead atoms. The van der Waals surface area contributed by atoms with E-state index in [0.29, 0.717) is 11.9 Å². The Morgan fingerprint density at radius 3 is 2.75 bits per heavy atom. The lowest BCUT2D eigenvalue weighted by Gasteiger charge is -2.36. The number of halogens is 1. The summed E-state index contributed by atoms with van der Waals surface area (Å²) < 4.78 is 5.30. The van der Waals surface area contributed by atoms with Gasteiger partial charge in [-0.05, 0) is 25.9 Å². The minimum atomic E-state index is -0.313. The molecule has 2 N–H and O–H groups in total. The van der Waals surface area contributed by atoms with E-state index in [2.05, 4.69) is 10.6 Å². The number of amides is 1. The summed E-state index contributed by atoms with van der Waals surface area (Å²) >= 11 is 3.98. The Morgan fingerprint density at radius 2 is 2.15 bits per heavy atom. The zero-order valence-corrected chi connectivity index (χ0v) is 14.4. The van der Waals surface area contributed by atoms with Gasteiger partial charge in [0.1, 0.15) is 0 Å². The van der Waals surface area contributed by atoms with Crippen LogP contribution in [-0.4, -0.2) is 61.8 Å². The molecular formula is C13H25ClN2O2S2. The summed E-state index contributed by atoms with van der Waals surface area (Å²) in [6.07, 6.45) is 1.75. The average molecular weight is 341 g/mol. The van der Waals surface area contributed by atoms with E-state index in [-0.39, 0.29) is 23.7 Å². The number of hydrogen-bond acceptors (Lipinski definition) is 5. The van der Waals surface area contributed by atoms with Gasteiger partial charge in [-0.1, -0.05) is 0 Å². The fraction of sp³-hybridized carbons (Fsp3) is 0.923. The molecule has 2 aliphatic rings. The highest BCUT2D eigenvalue weighted by molar-refractivity contribution is 8.06. The number of thioether (sulfide) groups is 2. The minimum absolute atomic E-state index is 0. The zero-order valence-electron chi connectivity index (χ0n) is 12.0. The van der Waals surface area contributed by atoms with Gasteiger partial charge < -0.3 is 15.4 Å². The van der Waals surface area contributed by atoms with Crippen LogP contribution in [-0.2, 0) is 9.53 Å². The molecule has 2 fully saturated rings. The maximum atomic E-state index is 12.5. The van der Waals surface area contributed by atoms with Crippen LogP contribution in [0.15, 0.2) is 0 Å². The van der Waals surface area contributed by atoms with Gasteiger partial charge in [0.15, 0.2) is 0 Å². The smallest absolute Gasteiger partial charge is 0.228 e. The molecule has 0 spiro atoms. The minimum Gasteiger partial charge on any atom is -0.384 e. The summed E-state index contributed by atoms with van der Waals surface area (Å²) in [5.41, 5.74) is -0.313. The van der Waals surface area contributed by atoms with Crippen molar-refractivity contribution in [1.29, 1.82) is 0 Å². The van der Waals surface area contributed by atoms with Crippen molar-refractivity contribution in [2.75, 3.05) is 50.6 Å². The van der Waals surface area contributed by atoms with Gasteiger partial charge in [-0.25, -0.2) is 0 Å². The van der Waals surface area contributed by atoms with E-state index >= 15 is 0 Å². The first kappa shape index (κ1) is 18.4. The summed E-state index contributed by atoms with van der Waals surface area (Å²) in [7, 11) is 1.69. The summed E-state index contributed by atoms with van der Waals surface area (Å²) in [5.74, 6) is 3.79. The van der Waals surface area contributed by atoms with E-state index in [1.807, 2.05) is 23.5 Å². The standard InChI is InChI=1S/C13H24N2O2S2.ClH/c1-17-10-13(2-4-14-5-3-13)12(16)15-8-11-9-18-6-7-19-11;/h11,14H,2-10H2,1H3,(H,15,16);1H. The molecule has 0 radical (unpaired) electrons. The van der Waals surface area contributed by atoms with Crippen molar-refractivity contribution in [3.05, 3.63) is 0 Å². The third kappa shape index (κ3) is 4.98. The van der Waals surface area contributed by atoms with Gasteiger partial charge in [-0.2, -0.15) is 23.5 Å². The number of rotatable bonds is 5. The van der Waals surface area contributed by atoms with Crippen molar-refractivity contribution in [3.63, 3.8) is 0 Å². The molecule has 0 aromatic rings. The summed E-state index contributed by atoms with van der Waals surface area (Å²) in [5, 5.41) is 7.06. The van der Waals surface area contributed by atoms with E-state index in [9.17, 15) is 4.79 Å².